The Balaban J connectivity index is 1.59. The molecule has 2 aromatic carbocycles. The van der Waals surface area contributed by atoms with Gasteiger partial charge in [0, 0.05) is 49.6 Å². The first-order valence-corrected chi connectivity index (χ1v) is 12.8. The van der Waals surface area contributed by atoms with Gasteiger partial charge in [-0.05, 0) is 64.9 Å². The molecule has 39 heavy (non-hydrogen) atoms. The fraction of sp³-hybridized carbons (Fsp3) is 0.267. The van der Waals surface area contributed by atoms with Crippen LogP contribution >= 0.6 is 0 Å². The van der Waals surface area contributed by atoms with Gasteiger partial charge in [0.05, 0.1) is 6.42 Å². The van der Waals surface area contributed by atoms with E-state index in [9.17, 15) is 18.0 Å². The summed E-state index contributed by atoms with van der Waals surface area (Å²) in [5.74, 6) is 0.382. The van der Waals surface area contributed by atoms with Crippen molar-refractivity contribution in [3.63, 3.8) is 0 Å². The van der Waals surface area contributed by atoms with E-state index in [-0.39, 0.29) is 11.5 Å². The van der Waals surface area contributed by atoms with Crippen molar-refractivity contribution in [1.29, 1.82) is 0 Å². The van der Waals surface area contributed by atoms with Crippen molar-refractivity contribution in [2.45, 2.75) is 25.4 Å². The molecule has 6 nitrogen and oxygen atoms in total. The molecular weight excluding hydrogens is 505 g/mol. The molecule has 0 aliphatic carbocycles. The number of H-pyrrole nitrogens is 1. The van der Waals surface area contributed by atoms with Crippen LogP contribution in [0.25, 0.3) is 22.0 Å². The molecule has 0 atom stereocenters. The molecule has 0 saturated carbocycles. The first kappa shape index (κ1) is 27.9. The highest BCUT2D eigenvalue weighted by atomic mass is 19.4. The number of allylic oxidation sites excluding steroid dienone is 1. The predicted molar refractivity (Wildman–Crippen MR) is 147 cm³/mol. The number of rotatable bonds is 12. The molecule has 1 amide bonds. The Labute approximate surface area is 225 Å². The van der Waals surface area contributed by atoms with Crippen LogP contribution in [0, 0.1) is 0 Å². The fourth-order valence-corrected chi connectivity index (χ4v) is 4.36. The zero-order chi connectivity index (χ0) is 27.7. The third-order valence-electron chi connectivity index (χ3n) is 6.23. The third-order valence-corrected chi connectivity index (χ3v) is 6.23. The minimum atomic E-state index is -4.40. The van der Waals surface area contributed by atoms with Crippen molar-refractivity contribution in [2.75, 3.05) is 26.7 Å². The van der Waals surface area contributed by atoms with E-state index < -0.39 is 12.6 Å². The number of benzene rings is 2. The van der Waals surface area contributed by atoms with E-state index in [0.29, 0.717) is 54.3 Å². The van der Waals surface area contributed by atoms with Crippen LogP contribution in [-0.4, -0.2) is 48.8 Å². The smallest absolute Gasteiger partial charge is 0.393 e. The van der Waals surface area contributed by atoms with Crippen LogP contribution < -0.4 is 15.4 Å². The molecule has 9 heteroatoms. The van der Waals surface area contributed by atoms with Gasteiger partial charge in [-0.2, -0.15) is 13.2 Å². The number of nitrogens with one attached hydrogen (secondary N) is 3. The number of hydrogen-bond acceptors (Lipinski definition) is 4. The van der Waals surface area contributed by atoms with E-state index in [1.165, 1.54) is 0 Å². The summed E-state index contributed by atoms with van der Waals surface area (Å²) in [5, 5.41) is 6.69. The summed E-state index contributed by atoms with van der Waals surface area (Å²) in [6, 6.07) is 19.5. The monoisotopic (exact) mass is 536 g/mol. The predicted octanol–water partition coefficient (Wildman–Crippen LogP) is 5.97. The average Bonchev–Trinajstić information content (AvgIpc) is 3.41. The first-order chi connectivity index (χ1) is 18.8. The van der Waals surface area contributed by atoms with Crippen molar-refractivity contribution in [1.82, 2.24) is 20.6 Å². The summed E-state index contributed by atoms with van der Waals surface area (Å²) >= 11 is 0. The van der Waals surface area contributed by atoms with Gasteiger partial charge in [0.2, 0.25) is 11.8 Å². The van der Waals surface area contributed by atoms with Gasteiger partial charge in [-0.3, -0.25) is 4.79 Å². The number of aromatic nitrogens is 2. The maximum absolute atomic E-state index is 13.9. The molecule has 0 radical (unpaired) electrons. The maximum atomic E-state index is 13.9. The second-order valence-corrected chi connectivity index (χ2v) is 9.05. The van der Waals surface area contributed by atoms with E-state index >= 15 is 0 Å². The van der Waals surface area contributed by atoms with Crippen LogP contribution in [0.3, 0.4) is 0 Å². The minimum Gasteiger partial charge on any atom is -0.476 e. The largest absolute Gasteiger partial charge is 0.476 e. The lowest BCUT2D eigenvalue weighted by molar-refractivity contribution is -0.123. The van der Waals surface area contributed by atoms with Gasteiger partial charge in [-0.1, -0.05) is 36.4 Å². The number of amides is 1. The lowest BCUT2D eigenvalue weighted by Crippen LogP contribution is -2.24. The van der Waals surface area contributed by atoms with E-state index in [2.05, 4.69) is 20.6 Å². The van der Waals surface area contributed by atoms with Crippen molar-refractivity contribution in [3.8, 4) is 5.88 Å². The first-order valence-electron chi connectivity index (χ1n) is 12.8. The number of halogens is 3. The lowest BCUT2D eigenvalue weighted by Gasteiger charge is -2.19. The molecule has 0 aliphatic heterocycles. The molecule has 0 fully saturated rings. The number of carbonyl (C=O) groups excluding carboxylic acids is 1. The number of aromatic amines is 1. The van der Waals surface area contributed by atoms with Gasteiger partial charge in [0.1, 0.15) is 6.61 Å². The van der Waals surface area contributed by atoms with E-state index in [1.54, 1.807) is 61.9 Å². The molecular formula is C30H31F3N4O2. The second-order valence-electron chi connectivity index (χ2n) is 9.05. The topological polar surface area (TPSA) is 79.0 Å². The normalized spacial score (nSPS) is 12.3. The van der Waals surface area contributed by atoms with Crippen molar-refractivity contribution in [3.05, 3.63) is 95.8 Å². The number of fused-ring (bicyclic) bond motifs is 1. The van der Waals surface area contributed by atoms with Gasteiger partial charge in [0.15, 0.2) is 0 Å². The van der Waals surface area contributed by atoms with Gasteiger partial charge in [0.25, 0.3) is 0 Å². The summed E-state index contributed by atoms with van der Waals surface area (Å²) in [6.45, 7) is 1.62. The summed E-state index contributed by atoms with van der Waals surface area (Å²) in [7, 11) is 1.61. The number of ether oxygens (including phenoxy) is 1. The van der Waals surface area contributed by atoms with Crippen LogP contribution in [0.1, 0.15) is 36.0 Å². The zero-order valence-corrected chi connectivity index (χ0v) is 21.6. The van der Waals surface area contributed by atoms with E-state index in [1.807, 2.05) is 24.3 Å². The summed E-state index contributed by atoms with van der Waals surface area (Å²) < 4.78 is 47.3. The van der Waals surface area contributed by atoms with Crippen LogP contribution in [0.2, 0.25) is 0 Å². The Hall–Kier alpha value is -4.11. The molecule has 204 valence electrons. The van der Waals surface area contributed by atoms with Crippen LogP contribution in [0.5, 0.6) is 5.88 Å². The Morgan fingerprint density at radius 2 is 1.77 bits per heavy atom. The maximum Gasteiger partial charge on any atom is 0.393 e. The Morgan fingerprint density at radius 3 is 2.49 bits per heavy atom. The Kier molecular flexibility index (Phi) is 9.38. The Bertz CT molecular complexity index is 1400. The summed E-state index contributed by atoms with van der Waals surface area (Å²) in [4.78, 5) is 18.8. The van der Waals surface area contributed by atoms with Crippen molar-refractivity contribution >= 4 is 28.0 Å². The molecule has 3 N–H and O–H groups in total. The average molecular weight is 537 g/mol. The summed E-state index contributed by atoms with van der Waals surface area (Å²) in [6.07, 6.45) is -0.949. The molecule has 0 aliphatic rings. The standard InChI is InChI=1S/C30H31F3N4O2/c1-34-27(38)8-5-14-35-16-17-39-28-12-10-24(20-37-28)29(23-9-11-26-22(18-23)13-15-36-26)25(19-30(31,32)33)21-6-3-2-4-7-21/h2-4,6-7,9-13,15,18,20,35-36H,5,8,14,16-17,19H2,1H3,(H,34,38)/b29-25-. The van der Waals surface area contributed by atoms with Crippen molar-refractivity contribution in [2.24, 2.45) is 0 Å². The number of hydrogen-bond donors (Lipinski definition) is 3. The van der Waals surface area contributed by atoms with Crippen LogP contribution in [0.15, 0.2) is 79.1 Å². The summed E-state index contributed by atoms with van der Waals surface area (Å²) in [5.41, 5.74) is 3.28. The number of pyridine rings is 1. The molecule has 0 bridgehead atoms. The third kappa shape index (κ3) is 7.94. The van der Waals surface area contributed by atoms with Gasteiger partial charge < -0.3 is 20.4 Å². The highest BCUT2D eigenvalue weighted by molar-refractivity contribution is 6.00. The van der Waals surface area contributed by atoms with Gasteiger partial charge in [-0.15, -0.1) is 0 Å². The van der Waals surface area contributed by atoms with E-state index in [4.69, 9.17) is 4.74 Å². The molecule has 0 unspecified atom stereocenters. The van der Waals surface area contributed by atoms with Crippen LogP contribution in [0.4, 0.5) is 13.2 Å². The van der Waals surface area contributed by atoms with Crippen molar-refractivity contribution < 1.29 is 22.7 Å². The SMILES string of the molecule is CNC(=O)CCCNCCOc1ccc(/C(=C(/CC(F)(F)F)c2ccccc2)c2ccc3[nH]ccc3c2)cn1. The number of carbonyl (C=O) groups is 1. The highest BCUT2D eigenvalue weighted by Crippen LogP contribution is 2.40. The molecule has 4 aromatic rings. The molecule has 2 aromatic heterocycles. The molecule has 4 rings (SSSR count). The van der Waals surface area contributed by atoms with Gasteiger partial charge in [-0.25, -0.2) is 4.98 Å². The van der Waals surface area contributed by atoms with E-state index in [0.717, 1.165) is 17.3 Å². The number of alkyl halides is 3. The molecule has 2 heterocycles. The lowest BCUT2D eigenvalue weighted by atomic mass is 9.88. The quantitative estimate of drug-likeness (QED) is 0.154. The number of nitrogens with zero attached hydrogens (tertiary/aromatic N) is 1. The Morgan fingerprint density at radius 1 is 0.974 bits per heavy atom. The highest BCUT2D eigenvalue weighted by Gasteiger charge is 2.31. The second kappa shape index (κ2) is 13.1. The molecule has 0 spiro atoms. The zero-order valence-electron chi connectivity index (χ0n) is 21.6. The van der Waals surface area contributed by atoms with Gasteiger partial charge >= 0.3 is 6.18 Å². The minimum absolute atomic E-state index is 0.00411. The van der Waals surface area contributed by atoms with Crippen LogP contribution in [-0.2, 0) is 4.79 Å². The molecule has 0 saturated heterocycles. The fourth-order valence-electron chi connectivity index (χ4n) is 4.36.